The van der Waals surface area contributed by atoms with Gasteiger partial charge in [-0.15, -0.1) is 45.3 Å². The Morgan fingerprint density at radius 3 is 1.07 bits per heavy atom. The second kappa shape index (κ2) is 43.9. The summed E-state index contributed by atoms with van der Waals surface area (Å²) in [5.41, 5.74) is 15.4. The van der Waals surface area contributed by atoms with Crippen molar-refractivity contribution in [1.82, 2.24) is 0 Å². The van der Waals surface area contributed by atoms with Crippen molar-refractivity contribution < 1.29 is 19.1 Å². The normalized spacial score (nSPS) is 14.7. The zero-order chi connectivity index (χ0) is 94.2. The largest absolute Gasteiger partial charge is 0.492 e. The molecule has 4 aliphatic carbocycles. The van der Waals surface area contributed by atoms with E-state index in [2.05, 4.69) is 222 Å². The van der Waals surface area contributed by atoms with E-state index in [9.17, 15) is 26.3 Å². The number of rotatable bonds is 42. The second-order valence-corrected chi connectivity index (χ2v) is 40.6. The summed E-state index contributed by atoms with van der Waals surface area (Å²) < 4.78 is 14.6. The fourth-order valence-electron chi connectivity index (χ4n) is 20.3. The Kier molecular flexibility index (Phi) is 31.4. The standard InChI is InChI=1S/C118H114N8O4S4/c1-12-20-26-30-36-77-40-48-84(49-41-77)117(85-50-42-78(43-51-85)37-31-27-21-13-2)98-63-95-99(62-94(98)113-100(117)66-107(133-113)115-105(129-73-75(18-7)34-24-16-5)60-88(131-115)58-96-109(83(70-121)71-122)90-56-81(68-119)103(125-10)65-93(90)112(96)128)118(86-52-44-79(45-53-86)38-32-28-22-14-3,87-54-46-80(47-55-87)39-33-29-23-15-4)101-67-108(134-114(95)101)116-106(130-74-76(19-8)35-25-17-6)61-89(132-116)59-97-110(104(72-123)126-11)91-64-102(124-9)82(69-120)57-92(91)111(97)127/h40-67,75-76H,12-39,73-74H2,1-8H3/b96-58-,97-59-,110-104+. The van der Waals surface area contributed by atoms with Crippen molar-refractivity contribution in [2.45, 2.75) is 246 Å². The van der Waals surface area contributed by atoms with Gasteiger partial charge in [0.2, 0.25) is 11.4 Å². The molecule has 11 aromatic rings. The van der Waals surface area contributed by atoms with E-state index < -0.39 is 22.4 Å². The molecular weight excluding hydrogens is 1720 g/mol. The van der Waals surface area contributed by atoms with Crippen molar-refractivity contribution in [1.29, 1.82) is 26.3 Å². The van der Waals surface area contributed by atoms with E-state index in [4.69, 9.17) is 29.2 Å². The molecule has 0 fully saturated rings. The van der Waals surface area contributed by atoms with E-state index in [1.807, 2.05) is 12.1 Å². The van der Waals surface area contributed by atoms with Crippen LogP contribution in [-0.4, -0.2) is 24.8 Å². The maximum atomic E-state index is 15.2. The summed E-state index contributed by atoms with van der Waals surface area (Å²) in [7, 11) is 0. The highest BCUT2D eigenvalue weighted by Gasteiger charge is 2.54. The predicted octanol–water partition coefficient (Wildman–Crippen LogP) is 33.0. The Morgan fingerprint density at radius 1 is 0.381 bits per heavy atom. The molecule has 16 heteroatoms. The van der Waals surface area contributed by atoms with Crippen LogP contribution in [0.3, 0.4) is 0 Å². The van der Waals surface area contributed by atoms with Crippen LogP contribution in [0.4, 0.5) is 11.4 Å². The lowest BCUT2D eigenvalue weighted by Crippen LogP contribution is -2.30. The number of unbranched alkanes of at least 4 members (excludes halogenated alkanes) is 14. The molecule has 0 spiro atoms. The smallest absolute Gasteiger partial charge is 0.270 e. The zero-order valence-electron chi connectivity index (χ0n) is 78.4. The van der Waals surface area contributed by atoms with E-state index in [0.29, 0.717) is 34.5 Å². The number of carbonyl (C=O) groups is 2. The molecule has 15 rings (SSSR count). The summed E-state index contributed by atoms with van der Waals surface area (Å²) in [4.78, 5) is 48.5. The predicted molar refractivity (Wildman–Crippen MR) is 549 cm³/mol. The van der Waals surface area contributed by atoms with Crippen LogP contribution in [0.1, 0.15) is 329 Å². The highest BCUT2D eigenvalue weighted by Crippen LogP contribution is 2.67. The molecule has 0 saturated heterocycles. The van der Waals surface area contributed by atoms with Crippen molar-refractivity contribution in [2.24, 2.45) is 11.8 Å². The first-order valence-electron chi connectivity index (χ1n) is 48.5. The van der Waals surface area contributed by atoms with Crippen LogP contribution in [0, 0.1) is 88.2 Å². The number of hydrogen-bond donors (Lipinski definition) is 0. The summed E-state index contributed by atoms with van der Waals surface area (Å²) in [6, 6.07) is 68.4. The molecule has 674 valence electrons. The van der Waals surface area contributed by atoms with Crippen LogP contribution in [0.15, 0.2) is 180 Å². The topological polar surface area (TPSA) is 185 Å². The highest BCUT2D eigenvalue weighted by atomic mass is 32.1. The van der Waals surface area contributed by atoms with Crippen molar-refractivity contribution in [3.05, 3.63) is 324 Å². The number of ketones is 2. The Balaban J connectivity index is 1.03. The van der Waals surface area contributed by atoms with Gasteiger partial charge in [-0.3, -0.25) is 9.59 Å². The number of aryl methyl sites for hydroxylation is 4. The fraction of sp³-hybridized carbons (Fsp3) is 0.356. The minimum Gasteiger partial charge on any atom is -0.492 e. The minimum absolute atomic E-state index is 0.00956. The van der Waals surface area contributed by atoms with Crippen LogP contribution in [0.2, 0.25) is 0 Å². The first-order chi connectivity index (χ1) is 65.5. The Bertz CT molecular complexity index is 6220. The van der Waals surface area contributed by atoms with Crippen molar-refractivity contribution >= 4 is 91.6 Å². The number of carbonyl (C=O) groups excluding carboxylic acids is 2. The number of hydrogen-bond acceptors (Lipinski definition) is 13. The van der Waals surface area contributed by atoms with Crippen LogP contribution in [0.5, 0.6) is 11.5 Å². The van der Waals surface area contributed by atoms with Gasteiger partial charge in [0.05, 0.1) is 82.8 Å². The number of thiophene rings is 4. The second-order valence-electron chi connectivity index (χ2n) is 36.3. The van der Waals surface area contributed by atoms with E-state index in [1.54, 1.807) is 34.8 Å². The van der Waals surface area contributed by atoms with Gasteiger partial charge >= 0.3 is 0 Å². The van der Waals surface area contributed by atoms with Crippen molar-refractivity contribution in [2.75, 3.05) is 13.2 Å². The summed E-state index contributed by atoms with van der Waals surface area (Å²) in [6.07, 6.45) is 33.5. The lowest BCUT2D eigenvalue weighted by Gasteiger charge is -2.35. The summed E-state index contributed by atoms with van der Waals surface area (Å²) in [5, 5.41) is 52.8. The molecule has 12 nitrogen and oxygen atoms in total. The Labute approximate surface area is 808 Å². The average Bonchev–Trinajstić information content (AvgIpc) is 1.50. The molecule has 0 radical (unpaired) electrons. The molecule has 2 atom stereocenters. The summed E-state index contributed by atoms with van der Waals surface area (Å²) >= 11 is 6.52. The molecule has 0 N–H and O–H groups in total. The maximum absolute atomic E-state index is 15.2. The molecule has 0 bridgehead atoms. The SMILES string of the molecule is [C-]#[N+]/C(C#N)=C1/C(=C/c2cc(OCC(CC)CCCC)c(-c3cc4c(s3)-c3cc5c(cc3C4(c3ccc(CCCCCC)cc3)c3ccc(CCCCCC)cc3)-c3sc(-c4sc(/C=C6\C(=O)c7cc([N+]#[C-])c(C#N)cc7C6=C(C#N)C#N)cc4OCC(CC)CCCC)cc3C5(c3ccc(CCCCCC)cc3)c3ccc(CCCCCC)cc3)s2)C(=O)c2cc(C#N)c([N+]#[C-])cc21. The number of nitrogens with zero attached hydrogens (tertiary/aromatic N) is 8. The third kappa shape index (κ3) is 18.8. The number of Topliss-reactive ketones (excluding diaryl/α,β-unsaturated/α-hetero) is 2. The van der Waals surface area contributed by atoms with Gasteiger partial charge in [0.1, 0.15) is 29.2 Å². The number of fused-ring (bicyclic) bond motifs is 8. The van der Waals surface area contributed by atoms with Crippen molar-refractivity contribution in [3.8, 4) is 82.2 Å². The fourth-order valence-corrected chi connectivity index (χ4v) is 25.1. The van der Waals surface area contributed by atoms with E-state index in [1.165, 1.54) is 94.9 Å². The molecule has 2 unspecified atom stereocenters. The third-order valence-electron chi connectivity index (χ3n) is 27.8. The average molecular weight is 1840 g/mol. The van der Waals surface area contributed by atoms with Gasteiger partial charge in [-0.2, -0.15) is 21.0 Å². The lowest BCUT2D eigenvalue weighted by molar-refractivity contribution is 0.103. The molecule has 4 heterocycles. The van der Waals surface area contributed by atoms with E-state index in [-0.39, 0.29) is 90.2 Å². The molecule has 4 aromatic heterocycles. The summed E-state index contributed by atoms with van der Waals surface area (Å²) in [5.74, 6) is 0.899. The number of benzene rings is 7. The molecule has 4 aliphatic rings. The lowest BCUT2D eigenvalue weighted by atomic mass is 9.65. The van der Waals surface area contributed by atoms with E-state index in [0.717, 1.165) is 239 Å². The quantitative estimate of drug-likeness (QED) is 0.0155. The third-order valence-corrected chi connectivity index (χ3v) is 32.6. The first kappa shape index (κ1) is 95.8. The van der Waals surface area contributed by atoms with Gasteiger partial charge in [-0.05, 0) is 238 Å². The maximum Gasteiger partial charge on any atom is 0.270 e. The van der Waals surface area contributed by atoms with Crippen LogP contribution >= 0.6 is 45.3 Å². The zero-order valence-corrected chi connectivity index (χ0v) is 81.6. The molecule has 7 aromatic carbocycles. The minimum atomic E-state index is -0.961. The molecule has 0 aliphatic heterocycles. The highest BCUT2D eigenvalue weighted by molar-refractivity contribution is 7.25. The number of ether oxygens (including phenoxy) is 2. The molecular formula is C118H114N8O4S4. The van der Waals surface area contributed by atoms with E-state index >= 15 is 9.59 Å². The Morgan fingerprint density at radius 2 is 0.731 bits per heavy atom. The van der Waals surface area contributed by atoms with Crippen LogP contribution < -0.4 is 9.47 Å². The molecule has 0 saturated carbocycles. The van der Waals surface area contributed by atoms with Gasteiger partial charge < -0.3 is 9.47 Å². The van der Waals surface area contributed by atoms with Crippen LogP contribution in [0.25, 0.3) is 78.2 Å². The van der Waals surface area contributed by atoms with Gasteiger partial charge in [-0.1, -0.05) is 268 Å². The van der Waals surface area contributed by atoms with Crippen LogP contribution in [-0.2, 0) is 36.5 Å². The summed E-state index contributed by atoms with van der Waals surface area (Å²) in [6.45, 7) is 43.2. The van der Waals surface area contributed by atoms with Gasteiger partial charge in [-0.25, -0.2) is 19.8 Å². The van der Waals surface area contributed by atoms with Gasteiger partial charge in [0, 0.05) is 62.7 Å². The van der Waals surface area contributed by atoms with Gasteiger partial charge in [0.25, 0.3) is 5.70 Å². The molecule has 0 amide bonds. The molecule has 134 heavy (non-hydrogen) atoms. The number of allylic oxidation sites excluding steroid dienone is 6. The van der Waals surface area contributed by atoms with Crippen molar-refractivity contribution in [3.63, 3.8) is 0 Å². The Hall–Kier alpha value is -12.8. The monoisotopic (exact) mass is 1830 g/mol. The number of nitriles is 5. The van der Waals surface area contributed by atoms with Gasteiger partial charge in [0.15, 0.2) is 11.6 Å². The first-order valence-corrected chi connectivity index (χ1v) is 51.7.